The molecule has 1 aliphatic rings. The van der Waals surface area contributed by atoms with E-state index in [-0.39, 0.29) is 6.03 Å². The number of likely N-dealkylation sites (tertiary alicyclic amines) is 1. The molecule has 0 bridgehead atoms. The van der Waals surface area contributed by atoms with Gasteiger partial charge in [-0.3, -0.25) is 4.21 Å². The average molecular weight is 248 g/mol. The van der Waals surface area contributed by atoms with Gasteiger partial charge in [0.2, 0.25) is 0 Å². The number of carboxylic acids is 1. The standard InChI is InChI=1S/C9H16N2O4S/c1-16(15)6-4-10-9(14)11-5-2-3-7(11)8(12)13/h7H,2-6H2,1H3,(H,10,14)(H,12,13)/t7-,16?/m1/s1. The number of rotatable bonds is 4. The number of hydrogen-bond acceptors (Lipinski definition) is 3. The van der Waals surface area contributed by atoms with Gasteiger partial charge >= 0.3 is 12.0 Å². The Labute approximate surface area is 96.5 Å². The number of amides is 2. The first kappa shape index (κ1) is 13.0. The zero-order valence-electron chi connectivity index (χ0n) is 9.14. The number of carbonyl (C=O) groups excluding carboxylic acids is 1. The SMILES string of the molecule is CS(=O)CCNC(=O)N1CCC[C@@H]1C(=O)O. The molecule has 2 atom stereocenters. The van der Waals surface area contributed by atoms with E-state index in [1.165, 1.54) is 4.90 Å². The molecule has 16 heavy (non-hydrogen) atoms. The molecule has 0 aromatic carbocycles. The molecule has 0 radical (unpaired) electrons. The second-order valence-corrected chi connectivity index (χ2v) is 5.25. The van der Waals surface area contributed by atoms with Crippen LogP contribution in [0.4, 0.5) is 4.79 Å². The molecule has 7 heteroatoms. The van der Waals surface area contributed by atoms with Gasteiger partial charge in [0.15, 0.2) is 0 Å². The van der Waals surface area contributed by atoms with Crippen molar-refractivity contribution in [3.63, 3.8) is 0 Å². The molecule has 1 rings (SSSR count). The zero-order valence-corrected chi connectivity index (χ0v) is 9.96. The summed E-state index contributed by atoms with van der Waals surface area (Å²) in [5, 5.41) is 11.4. The Bertz CT molecular complexity index is 308. The second-order valence-electron chi connectivity index (χ2n) is 3.70. The van der Waals surface area contributed by atoms with Gasteiger partial charge in [-0.2, -0.15) is 0 Å². The highest BCUT2D eigenvalue weighted by Gasteiger charge is 2.33. The van der Waals surface area contributed by atoms with Crippen molar-refractivity contribution in [2.45, 2.75) is 18.9 Å². The van der Waals surface area contributed by atoms with Crippen LogP contribution in [0.15, 0.2) is 0 Å². The summed E-state index contributed by atoms with van der Waals surface area (Å²) in [6, 6.07) is -1.09. The van der Waals surface area contributed by atoms with Crippen molar-refractivity contribution in [1.29, 1.82) is 0 Å². The third-order valence-electron chi connectivity index (χ3n) is 2.46. The van der Waals surface area contributed by atoms with Crippen molar-refractivity contribution < 1.29 is 18.9 Å². The fourth-order valence-electron chi connectivity index (χ4n) is 1.67. The van der Waals surface area contributed by atoms with Gasteiger partial charge in [-0.25, -0.2) is 9.59 Å². The molecule has 2 amide bonds. The topological polar surface area (TPSA) is 86.7 Å². The summed E-state index contributed by atoms with van der Waals surface area (Å²) in [5.74, 6) is -0.580. The van der Waals surface area contributed by atoms with Crippen LogP contribution < -0.4 is 5.32 Å². The molecule has 92 valence electrons. The van der Waals surface area contributed by atoms with E-state index in [2.05, 4.69) is 5.32 Å². The summed E-state index contributed by atoms with van der Waals surface area (Å²) >= 11 is 0. The minimum atomic E-state index is -0.966. The molecule has 1 saturated heterocycles. The minimum Gasteiger partial charge on any atom is -0.480 e. The predicted molar refractivity (Wildman–Crippen MR) is 59.7 cm³/mol. The Balaban J connectivity index is 2.41. The molecule has 0 saturated carbocycles. The monoisotopic (exact) mass is 248 g/mol. The smallest absolute Gasteiger partial charge is 0.326 e. The number of urea groups is 1. The molecule has 0 spiro atoms. The number of nitrogens with one attached hydrogen (secondary N) is 1. The summed E-state index contributed by atoms with van der Waals surface area (Å²) in [7, 11) is -0.951. The lowest BCUT2D eigenvalue weighted by Crippen LogP contribution is -2.46. The molecule has 1 unspecified atom stereocenters. The average Bonchev–Trinajstić information content (AvgIpc) is 2.65. The van der Waals surface area contributed by atoms with Crippen LogP contribution in [-0.4, -0.2) is 57.4 Å². The van der Waals surface area contributed by atoms with Crippen molar-refractivity contribution in [2.75, 3.05) is 25.1 Å². The molecule has 1 fully saturated rings. The van der Waals surface area contributed by atoms with Crippen LogP contribution in [0.1, 0.15) is 12.8 Å². The van der Waals surface area contributed by atoms with Gasteiger partial charge in [-0.05, 0) is 12.8 Å². The Kier molecular flexibility index (Phi) is 4.72. The van der Waals surface area contributed by atoms with Crippen molar-refractivity contribution >= 4 is 22.8 Å². The van der Waals surface area contributed by atoms with Crippen LogP contribution in [-0.2, 0) is 15.6 Å². The van der Waals surface area contributed by atoms with Gasteiger partial charge in [0, 0.05) is 35.9 Å². The maximum atomic E-state index is 11.6. The first-order valence-electron chi connectivity index (χ1n) is 5.09. The maximum absolute atomic E-state index is 11.6. The summed E-state index contributed by atoms with van der Waals surface area (Å²) in [4.78, 5) is 23.7. The molecule has 2 N–H and O–H groups in total. The molecule has 6 nitrogen and oxygen atoms in total. The molecule has 1 heterocycles. The van der Waals surface area contributed by atoms with Gasteiger partial charge in [-0.15, -0.1) is 0 Å². The third kappa shape index (κ3) is 3.48. The van der Waals surface area contributed by atoms with E-state index in [0.29, 0.717) is 31.7 Å². The fourth-order valence-corrected chi connectivity index (χ4v) is 2.06. The second kappa shape index (κ2) is 5.83. The Morgan fingerprint density at radius 3 is 2.81 bits per heavy atom. The zero-order chi connectivity index (χ0) is 12.1. The molecule has 0 aromatic rings. The van der Waals surface area contributed by atoms with E-state index < -0.39 is 22.8 Å². The summed E-state index contributed by atoms with van der Waals surface area (Å²) in [5.41, 5.74) is 0. The highest BCUT2D eigenvalue weighted by atomic mass is 32.2. The number of carbonyl (C=O) groups is 2. The van der Waals surface area contributed by atoms with Gasteiger partial charge < -0.3 is 15.3 Å². The Morgan fingerprint density at radius 2 is 2.25 bits per heavy atom. The lowest BCUT2D eigenvalue weighted by Gasteiger charge is -2.21. The van der Waals surface area contributed by atoms with Gasteiger partial charge in [0.05, 0.1) is 0 Å². The summed E-state index contributed by atoms with van der Waals surface area (Å²) < 4.78 is 10.8. The van der Waals surface area contributed by atoms with E-state index in [9.17, 15) is 13.8 Å². The number of hydrogen-bond donors (Lipinski definition) is 2. The number of aliphatic carboxylic acids is 1. The van der Waals surface area contributed by atoms with Crippen molar-refractivity contribution in [1.82, 2.24) is 10.2 Å². The first-order chi connectivity index (χ1) is 7.52. The summed E-state index contributed by atoms with van der Waals surface area (Å²) in [6.45, 7) is 0.781. The van der Waals surface area contributed by atoms with Crippen molar-refractivity contribution in [3.05, 3.63) is 0 Å². The van der Waals surface area contributed by atoms with Crippen LogP contribution in [0, 0.1) is 0 Å². The summed E-state index contributed by atoms with van der Waals surface area (Å²) in [6.07, 6.45) is 2.77. The first-order valence-corrected chi connectivity index (χ1v) is 6.82. The lowest BCUT2D eigenvalue weighted by molar-refractivity contribution is -0.141. The van der Waals surface area contributed by atoms with Crippen LogP contribution in [0.5, 0.6) is 0 Å². The van der Waals surface area contributed by atoms with Gasteiger partial charge in [0.1, 0.15) is 6.04 Å². The van der Waals surface area contributed by atoms with Crippen LogP contribution in [0.25, 0.3) is 0 Å². The highest BCUT2D eigenvalue weighted by Crippen LogP contribution is 2.16. The lowest BCUT2D eigenvalue weighted by atomic mass is 10.2. The Morgan fingerprint density at radius 1 is 1.56 bits per heavy atom. The Hall–Kier alpha value is -1.11. The molecule has 0 aromatic heterocycles. The molecule has 1 aliphatic heterocycles. The highest BCUT2D eigenvalue weighted by molar-refractivity contribution is 7.84. The normalized spacial score (nSPS) is 21.8. The minimum absolute atomic E-state index is 0.310. The molecule has 0 aliphatic carbocycles. The van der Waals surface area contributed by atoms with E-state index in [1.807, 2.05) is 0 Å². The fraction of sp³-hybridized carbons (Fsp3) is 0.778. The molecular weight excluding hydrogens is 232 g/mol. The van der Waals surface area contributed by atoms with Crippen molar-refractivity contribution in [2.24, 2.45) is 0 Å². The largest absolute Gasteiger partial charge is 0.480 e. The number of carboxylic acid groups (broad SMARTS) is 1. The van der Waals surface area contributed by atoms with E-state index in [4.69, 9.17) is 5.11 Å². The van der Waals surface area contributed by atoms with E-state index in [1.54, 1.807) is 6.26 Å². The third-order valence-corrected chi connectivity index (χ3v) is 3.24. The number of nitrogens with zero attached hydrogens (tertiary/aromatic N) is 1. The maximum Gasteiger partial charge on any atom is 0.326 e. The van der Waals surface area contributed by atoms with Crippen LogP contribution in [0.2, 0.25) is 0 Å². The van der Waals surface area contributed by atoms with Crippen LogP contribution >= 0.6 is 0 Å². The van der Waals surface area contributed by atoms with Gasteiger partial charge in [0.25, 0.3) is 0 Å². The van der Waals surface area contributed by atoms with E-state index in [0.717, 1.165) is 0 Å². The van der Waals surface area contributed by atoms with E-state index >= 15 is 0 Å². The van der Waals surface area contributed by atoms with Crippen LogP contribution in [0.3, 0.4) is 0 Å². The predicted octanol–water partition coefficient (Wildman–Crippen LogP) is -0.376. The van der Waals surface area contributed by atoms with Gasteiger partial charge in [-0.1, -0.05) is 0 Å². The van der Waals surface area contributed by atoms with Crippen molar-refractivity contribution in [3.8, 4) is 0 Å². The molecular formula is C9H16N2O4S. The quantitative estimate of drug-likeness (QED) is 0.710.